The number of carbonyl (C=O) groups is 1. The largest absolute Gasteiger partial charge is 0.376 e. The highest BCUT2D eigenvalue weighted by molar-refractivity contribution is 6.02. The van der Waals surface area contributed by atoms with Gasteiger partial charge in [0.2, 0.25) is 0 Å². The van der Waals surface area contributed by atoms with Crippen molar-refractivity contribution in [1.29, 1.82) is 0 Å². The Morgan fingerprint density at radius 2 is 2.12 bits per heavy atom. The van der Waals surface area contributed by atoms with Gasteiger partial charge < -0.3 is 11.5 Å². The average molecular weight is 111 g/mol. The molecule has 0 aliphatic rings. The van der Waals surface area contributed by atoms with Crippen molar-refractivity contribution in [1.82, 2.24) is 0 Å². The summed E-state index contributed by atoms with van der Waals surface area (Å²) in [6.07, 6.45) is 4.71. The summed E-state index contributed by atoms with van der Waals surface area (Å²) in [5.74, 6) is 1.73. The molecule has 4 N–H and O–H groups in total. The minimum atomic E-state index is -0.875. The van der Waals surface area contributed by atoms with Gasteiger partial charge >= 0.3 is 6.03 Å². The first-order chi connectivity index (χ1) is 3.66. The molecule has 4 nitrogen and oxygen atoms in total. The molecule has 0 aromatic carbocycles. The van der Waals surface area contributed by atoms with Crippen LogP contribution in [0.2, 0.25) is 0 Å². The van der Waals surface area contributed by atoms with Gasteiger partial charge in [-0.2, -0.15) is 4.99 Å². The van der Waals surface area contributed by atoms with Gasteiger partial charge in [0.25, 0.3) is 0 Å². The number of aliphatic imine (C=N–C) groups is 1. The molecular weight excluding hydrogens is 106 g/mol. The Bertz CT molecular complexity index is 165. The quantitative estimate of drug-likeness (QED) is 0.240. The van der Waals surface area contributed by atoms with E-state index in [4.69, 9.17) is 12.2 Å². The predicted molar refractivity (Wildman–Crippen MR) is 30.0 cm³/mol. The maximum absolute atomic E-state index is 9.83. The zero-order chi connectivity index (χ0) is 6.57. The molecule has 0 fully saturated rings. The van der Waals surface area contributed by atoms with Crippen molar-refractivity contribution in [3.05, 3.63) is 0 Å². The first kappa shape index (κ1) is 6.50. The van der Waals surface area contributed by atoms with E-state index in [1.54, 1.807) is 0 Å². The molecule has 0 atom stereocenters. The van der Waals surface area contributed by atoms with Gasteiger partial charge in [-0.25, -0.2) is 4.79 Å². The lowest BCUT2D eigenvalue weighted by molar-refractivity contribution is 0.257. The topological polar surface area (TPSA) is 81.5 Å². The first-order valence-electron chi connectivity index (χ1n) is 1.77. The second-order valence-corrected chi connectivity index (χ2v) is 0.980. The third kappa shape index (κ3) is 2.72. The maximum Gasteiger partial charge on any atom is 0.340 e. The summed E-state index contributed by atoms with van der Waals surface area (Å²) in [5, 5.41) is 0. The number of nitrogens with zero attached hydrogens (tertiary/aromatic N) is 1. The summed E-state index contributed by atoms with van der Waals surface area (Å²) in [7, 11) is 0. The molecule has 0 aromatic heterocycles. The molecular formula is C4H5N3O. The van der Waals surface area contributed by atoms with Gasteiger partial charge in [-0.05, 0) is 5.92 Å². The number of urea groups is 1. The second kappa shape index (κ2) is 2.64. The van der Waals surface area contributed by atoms with Gasteiger partial charge in [0, 0.05) is 0 Å². The lowest BCUT2D eigenvalue weighted by Gasteiger charge is -1.81. The average Bonchev–Trinajstić information content (AvgIpc) is 1.65. The molecule has 2 amide bonds. The van der Waals surface area contributed by atoms with Crippen LogP contribution in [0.5, 0.6) is 0 Å². The fourth-order valence-corrected chi connectivity index (χ4v) is 0.151. The van der Waals surface area contributed by atoms with E-state index in [0.717, 1.165) is 0 Å². The van der Waals surface area contributed by atoms with Crippen LogP contribution in [0.3, 0.4) is 0 Å². The van der Waals surface area contributed by atoms with Gasteiger partial charge in [0.15, 0.2) is 5.84 Å². The number of terminal acetylenes is 1. The molecule has 0 heterocycles. The monoisotopic (exact) mass is 111 g/mol. The number of amidine groups is 1. The summed E-state index contributed by atoms with van der Waals surface area (Å²) in [5.41, 5.74) is 9.45. The standard InChI is InChI=1S/C4H5N3O/c1-2-3(5)7-4(6)8/h1H,(H4,5,6,7,8). The van der Waals surface area contributed by atoms with Crippen LogP contribution in [-0.4, -0.2) is 11.9 Å². The Labute approximate surface area is 46.6 Å². The minimum Gasteiger partial charge on any atom is -0.376 e. The highest BCUT2D eigenvalue weighted by atomic mass is 16.2. The van der Waals surface area contributed by atoms with Gasteiger partial charge in [-0.1, -0.05) is 0 Å². The molecule has 0 radical (unpaired) electrons. The van der Waals surface area contributed by atoms with Crippen LogP contribution in [0.15, 0.2) is 4.99 Å². The van der Waals surface area contributed by atoms with Crippen LogP contribution in [0, 0.1) is 12.3 Å². The van der Waals surface area contributed by atoms with Crippen LogP contribution in [0.4, 0.5) is 4.79 Å². The Hall–Kier alpha value is -1.50. The zero-order valence-corrected chi connectivity index (χ0v) is 4.09. The van der Waals surface area contributed by atoms with E-state index in [1.165, 1.54) is 0 Å². The van der Waals surface area contributed by atoms with Gasteiger partial charge in [0.05, 0.1) is 0 Å². The molecule has 0 saturated carbocycles. The van der Waals surface area contributed by atoms with Crippen molar-refractivity contribution in [3.8, 4) is 12.3 Å². The number of hydrogen-bond acceptors (Lipinski definition) is 1. The van der Waals surface area contributed by atoms with Crippen LogP contribution in [0.25, 0.3) is 0 Å². The van der Waals surface area contributed by atoms with E-state index in [0.29, 0.717) is 0 Å². The van der Waals surface area contributed by atoms with Crippen molar-refractivity contribution in [3.63, 3.8) is 0 Å². The number of nitrogens with two attached hydrogens (primary N) is 2. The van der Waals surface area contributed by atoms with E-state index < -0.39 is 6.03 Å². The molecule has 0 aromatic rings. The Morgan fingerprint density at radius 1 is 1.62 bits per heavy atom. The highest BCUT2D eigenvalue weighted by Gasteiger charge is 1.85. The molecule has 8 heavy (non-hydrogen) atoms. The van der Waals surface area contributed by atoms with E-state index in [2.05, 4.69) is 10.7 Å². The molecule has 0 spiro atoms. The van der Waals surface area contributed by atoms with Gasteiger partial charge in [-0.15, -0.1) is 6.42 Å². The molecule has 0 rings (SSSR count). The molecule has 0 saturated heterocycles. The number of carbonyl (C=O) groups excluding carboxylic acids is 1. The third-order valence-corrected chi connectivity index (χ3v) is 0.379. The molecule has 0 bridgehead atoms. The van der Waals surface area contributed by atoms with Crippen LogP contribution in [-0.2, 0) is 0 Å². The molecule has 0 unspecified atom stereocenters. The summed E-state index contributed by atoms with van der Waals surface area (Å²) in [4.78, 5) is 12.8. The SMILES string of the molecule is C#C/C(N)=N/C(N)=O. The summed E-state index contributed by atoms with van der Waals surface area (Å²) >= 11 is 0. The van der Waals surface area contributed by atoms with Crippen LogP contribution < -0.4 is 11.5 Å². The minimum absolute atomic E-state index is 0.197. The smallest absolute Gasteiger partial charge is 0.340 e. The Morgan fingerprint density at radius 3 is 2.25 bits per heavy atom. The van der Waals surface area contributed by atoms with Crippen LogP contribution in [0.1, 0.15) is 0 Å². The van der Waals surface area contributed by atoms with Crippen molar-refractivity contribution >= 4 is 11.9 Å². The summed E-state index contributed by atoms with van der Waals surface area (Å²) in [6.45, 7) is 0. The van der Waals surface area contributed by atoms with E-state index in [9.17, 15) is 4.79 Å². The fraction of sp³-hybridized carbons (Fsp3) is 0. The Balaban J connectivity index is 4.01. The number of hydrogen-bond donors (Lipinski definition) is 2. The van der Waals surface area contributed by atoms with Crippen LogP contribution >= 0.6 is 0 Å². The molecule has 42 valence electrons. The van der Waals surface area contributed by atoms with Crippen molar-refractivity contribution in [2.24, 2.45) is 16.5 Å². The summed E-state index contributed by atoms with van der Waals surface area (Å²) in [6, 6.07) is -0.875. The predicted octanol–water partition coefficient (Wildman–Crippen LogP) is -0.944. The third-order valence-electron chi connectivity index (χ3n) is 0.379. The Kier molecular flexibility index (Phi) is 2.14. The fourth-order valence-electron chi connectivity index (χ4n) is 0.151. The van der Waals surface area contributed by atoms with E-state index >= 15 is 0 Å². The lowest BCUT2D eigenvalue weighted by Crippen LogP contribution is -2.14. The summed E-state index contributed by atoms with van der Waals surface area (Å²) < 4.78 is 0. The molecule has 4 heteroatoms. The maximum atomic E-state index is 9.83. The van der Waals surface area contributed by atoms with Crippen molar-refractivity contribution < 1.29 is 4.79 Å². The van der Waals surface area contributed by atoms with E-state index in [-0.39, 0.29) is 5.84 Å². The number of rotatable bonds is 0. The van der Waals surface area contributed by atoms with Crippen molar-refractivity contribution in [2.45, 2.75) is 0 Å². The van der Waals surface area contributed by atoms with E-state index in [1.807, 2.05) is 5.92 Å². The molecule has 0 aliphatic heterocycles. The normalized spacial score (nSPS) is 10.1. The van der Waals surface area contributed by atoms with Crippen molar-refractivity contribution in [2.75, 3.05) is 0 Å². The second-order valence-electron chi connectivity index (χ2n) is 0.980. The number of amides is 2. The van der Waals surface area contributed by atoms with Gasteiger partial charge in [-0.3, -0.25) is 0 Å². The number of primary amides is 1. The zero-order valence-electron chi connectivity index (χ0n) is 4.09. The molecule has 0 aliphatic carbocycles. The van der Waals surface area contributed by atoms with Gasteiger partial charge in [0.1, 0.15) is 0 Å². The lowest BCUT2D eigenvalue weighted by atomic mass is 10.6. The highest BCUT2D eigenvalue weighted by Crippen LogP contribution is 1.65. The first-order valence-corrected chi connectivity index (χ1v) is 1.77.